The molecule has 4 unspecified atom stereocenters. The van der Waals surface area contributed by atoms with Gasteiger partial charge in [0.2, 0.25) is 0 Å². The lowest BCUT2D eigenvalue weighted by Crippen LogP contribution is -2.28. The van der Waals surface area contributed by atoms with Gasteiger partial charge in [0.15, 0.2) is 0 Å². The Morgan fingerprint density at radius 3 is 3.00 bits per heavy atom. The van der Waals surface area contributed by atoms with Crippen LogP contribution >= 0.6 is 0 Å². The molecule has 1 saturated heterocycles. The second-order valence-corrected chi connectivity index (χ2v) is 4.98. The summed E-state index contributed by atoms with van der Waals surface area (Å²) >= 11 is 0. The summed E-state index contributed by atoms with van der Waals surface area (Å²) in [5.74, 6) is 0.362. The van der Waals surface area contributed by atoms with Crippen LogP contribution in [0, 0.1) is 11.8 Å². The summed E-state index contributed by atoms with van der Waals surface area (Å²) in [6.07, 6.45) is 4.33. The van der Waals surface area contributed by atoms with Gasteiger partial charge < -0.3 is 14.8 Å². The van der Waals surface area contributed by atoms with Gasteiger partial charge in [0.05, 0.1) is 24.7 Å². The second-order valence-electron chi connectivity index (χ2n) is 4.98. The number of epoxide rings is 1. The second kappa shape index (κ2) is 5.15. The molecule has 92 valence electrons. The lowest BCUT2D eigenvalue weighted by molar-refractivity contribution is -0.149. The third-order valence-corrected chi connectivity index (χ3v) is 3.49. The fraction of sp³-hybridized carbons (Fsp3) is 0.917. The number of esters is 1. The van der Waals surface area contributed by atoms with Crippen LogP contribution in [0.1, 0.15) is 26.2 Å². The van der Waals surface area contributed by atoms with E-state index in [-0.39, 0.29) is 11.9 Å². The first kappa shape index (κ1) is 11.9. The van der Waals surface area contributed by atoms with Crippen LogP contribution in [-0.4, -0.2) is 38.4 Å². The van der Waals surface area contributed by atoms with Crippen molar-refractivity contribution in [3.63, 3.8) is 0 Å². The molecule has 16 heavy (non-hydrogen) atoms. The summed E-state index contributed by atoms with van der Waals surface area (Å²) in [5.41, 5.74) is 0. The molecule has 0 bridgehead atoms. The molecule has 1 saturated carbocycles. The fourth-order valence-electron chi connectivity index (χ4n) is 2.37. The van der Waals surface area contributed by atoms with E-state index in [2.05, 4.69) is 5.32 Å². The van der Waals surface area contributed by atoms with Crippen molar-refractivity contribution in [1.82, 2.24) is 5.32 Å². The van der Waals surface area contributed by atoms with Gasteiger partial charge in [0.1, 0.15) is 0 Å². The summed E-state index contributed by atoms with van der Waals surface area (Å²) in [6, 6.07) is 0. The van der Waals surface area contributed by atoms with Crippen LogP contribution in [0.2, 0.25) is 0 Å². The van der Waals surface area contributed by atoms with Crippen molar-refractivity contribution >= 4 is 5.97 Å². The summed E-state index contributed by atoms with van der Waals surface area (Å²) in [4.78, 5) is 11.6. The van der Waals surface area contributed by atoms with E-state index in [4.69, 9.17) is 9.47 Å². The Bertz CT molecular complexity index is 257. The highest BCUT2D eigenvalue weighted by Gasteiger charge is 2.44. The first-order valence-electron chi connectivity index (χ1n) is 6.17. The highest BCUT2D eigenvalue weighted by Crippen LogP contribution is 2.39. The molecule has 0 radical (unpaired) electrons. The zero-order valence-corrected chi connectivity index (χ0v) is 10.1. The van der Waals surface area contributed by atoms with Gasteiger partial charge >= 0.3 is 5.97 Å². The van der Waals surface area contributed by atoms with Gasteiger partial charge in [-0.2, -0.15) is 0 Å². The Morgan fingerprint density at radius 2 is 2.31 bits per heavy atom. The number of ether oxygens (including phenoxy) is 2. The zero-order chi connectivity index (χ0) is 11.5. The summed E-state index contributed by atoms with van der Waals surface area (Å²) in [7, 11) is 1.84. The Balaban J connectivity index is 1.64. The number of rotatable bonds is 5. The van der Waals surface area contributed by atoms with Crippen molar-refractivity contribution in [2.24, 2.45) is 11.8 Å². The highest BCUT2D eigenvalue weighted by molar-refractivity contribution is 5.72. The molecule has 1 N–H and O–H groups in total. The molecule has 2 rings (SSSR count). The number of nitrogens with one attached hydrogen (secondary N) is 1. The number of hydrogen-bond acceptors (Lipinski definition) is 4. The number of carbonyl (C=O) groups excluding carboxylic acids is 1. The maximum absolute atomic E-state index is 11.6. The third-order valence-electron chi connectivity index (χ3n) is 3.49. The van der Waals surface area contributed by atoms with Crippen LogP contribution in [0.15, 0.2) is 0 Å². The molecule has 2 aliphatic rings. The monoisotopic (exact) mass is 227 g/mol. The maximum atomic E-state index is 11.6. The normalized spacial score (nSPS) is 34.0. The minimum atomic E-state index is -0.0896. The minimum Gasteiger partial charge on any atom is -0.465 e. The number of fused-ring (bicyclic) bond motifs is 1. The van der Waals surface area contributed by atoms with E-state index in [1.54, 1.807) is 0 Å². The van der Waals surface area contributed by atoms with Gasteiger partial charge in [-0.05, 0) is 32.2 Å². The Hall–Kier alpha value is -0.610. The smallest absolute Gasteiger partial charge is 0.309 e. The predicted octanol–water partition coefficient (Wildman–Crippen LogP) is 0.953. The van der Waals surface area contributed by atoms with Crippen molar-refractivity contribution < 1.29 is 14.3 Å². The van der Waals surface area contributed by atoms with Crippen molar-refractivity contribution in [1.29, 1.82) is 0 Å². The first-order valence-corrected chi connectivity index (χ1v) is 6.17. The van der Waals surface area contributed by atoms with Crippen LogP contribution in [0.4, 0.5) is 0 Å². The van der Waals surface area contributed by atoms with Crippen LogP contribution in [0.3, 0.4) is 0 Å². The van der Waals surface area contributed by atoms with Crippen molar-refractivity contribution in [3.05, 3.63) is 0 Å². The van der Waals surface area contributed by atoms with E-state index in [0.29, 0.717) is 31.3 Å². The van der Waals surface area contributed by atoms with Gasteiger partial charge in [-0.3, -0.25) is 4.79 Å². The van der Waals surface area contributed by atoms with Gasteiger partial charge in [-0.25, -0.2) is 0 Å². The summed E-state index contributed by atoms with van der Waals surface area (Å²) in [5, 5.41) is 2.98. The highest BCUT2D eigenvalue weighted by atomic mass is 16.6. The van der Waals surface area contributed by atoms with E-state index < -0.39 is 0 Å². The molecule has 0 amide bonds. The SMILES string of the molecule is CNCC(C)C(=O)OCC1CCC2OC2C1. The summed E-state index contributed by atoms with van der Waals surface area (Å²) < 4.78 is 10.8. The molecule has 4 atom stereocenters. The van der Waals surface area contributed by atoms with Gasteiger partial charge in [0, 0.05) is 6.54 Å². The van der Waals surface area contributed by atoms with Crippen molar-refractivity contribution in [2.45, 2.75) is 38.4 Å². The molecular weight excluding hydrogens is 206 g/mol. The average Bonchev–Trinajstić information content (AvgIpc) is 3.04. The molecule has 0 aromatic rings. The fourth-order valence-corrected chi connectivity index (χ4v) is 2.37. The van der Waals surface area contributed by atoms with Gasteiger partial charge in [-0.15, -0.1) is 0 Å². The quantitative estimate of drug-likeness (QED) is 0.561. The van der Waals surface area contributed by atoms with Crippen LogP contribution in [-0.2, 0) is 14.3 Å². The zero-order valence-electron chi connectivity index (χ0n) is 10.1. The average molecular weight is 227 g/mol. The van der Waals surface area contributed by atoms with Gasteiger partial charge in [-0.1, -0.05) is 6.92 Å². The molecule has 2 fully saturated rings. The van der Waals surface area contributed by atoms with Gasteiger partial charge in [0.25, 0.3) is 0 Å². The topological polar surface area (TPSA) is 50.9 Å². The molecule has 4 nitrogen and oxygen atoms in total. The molecule has 1 aliphatic carbocycles. The standard InChI is InChI=1S/C12H21NO3/c1-8(6-13-2)12(14)15-7-9-3-4-10-11(5-9)16-10/h8-11,13H,3-7H2,1-2H3. The van der Waals surface area contributed by atoms with Crippen molar-refractivity contribution in [2.75, 3.05) is 20.2 Å². The maximum Gasteiger partial charge on any atom is 0.309 e. The van der Waals surface area contributed by atoms with E-state index in [1.165, 1.54) is 0 Å². The molecular formula is C12H21NO3. The Labute approximate surface area is 96.7 Å². The Morgan fingerprint density at radius 1 is 1.50 bits per heavy atom. The van der Waals surface area contributed by atoms with Crippen LogP contribution < -0.4 is 5.32 Å². The molecule has 1 aliphatic heterocycles. The lowest BCUT2D eigenvalue weighted by atomic mass is 9.90. The number of carbonyl (C=O) groups is 1. The molecule has 4 heteroatoms. The van der Waals surface area contributed by atoms with E-state index >= 15 is 0 Å². The molecule has 1 heterocycles. The molecule has 0 aromatic carbocycles. The van der Waals surface area contributed by atoms with Crippen LogP contribution in [0.25, 0.3) is 0 Å². The lowest BCUT2D eigenvalue weighted by Gasteiger charge is -2.19. The van der Waals surface area contributed by atoms with E-state index in [9.17, 15) is 4.79 Å². The largest absolute Gasteiger partial charge is 0.465 e. The van der Waals surface area contributed by atoms with E-state index in [1.807, 2.05) is 14.0 Å². The Kier molecular flexibility index (Phi) is 3.82. The number of hydrogen-bond donors (Lipinski definition) is 1. The first-order chi connectivity index (χ1) is 7.70. The minimum absolute atomic E-state index is 0.0569. The summed E-state index contributed by atoms with van der Waals surface area (Å²) in [6.45, 7) is 3.14. The molecule has 0 spiro atoms. The van der Waals surface area contributed by atoms with Crippen LogP contribution in [0.5, 0.6) is 0 Å². The molecule has 0 aromatic heterocycles. The predicted molar refractivity (Wildman–Crippen MR) is 60.1 cm³/mol. The van der Waals surface area contributed by atoms with Crippen molar-refractivity contribution in [3.8, 4) is 0 Å². The third kappa shape index (κ3) is 2.95. The van der Waals surface area contributed by atoms with E-state index in [0.717, 1.165) is 19.3 Å².